The third-order valence-electron chi connectivity index (χ3n) is 5.23. The van der Waals surface area contributed by atoms with Crippen LogP contribution in [0.15, 0.2) is 59.4 Å². The molecular formula is C21H19N5O2. The largest absolute Gasteiger partial charge is 0.351 e. The number of carbonyl (C=O) groups is 1. The molecule has 0 radical (unpaired) electrons. The minimum absolute atomic E-state index is 0.00388. The third-order valence-corrected chi connectivity index (χ3v) is 5.23. The van der Waals surface area contributed by atoms with Gasteiger partial charge in [0.05, 0.1) is 10.9 Å². The molecule has 28 heavy (non-hydrogen) atoms. The minimum atomic E-state index is -0.141. The van der Waals surface area contributed by atoms with Crippen molar-refractivity contribution in [3.63, 3.8) is 0 Å². The van der Waals surface area contributed by atoms with E-state index >= 15 is 0 Å². The number of aromatic amines is 2. The van der Waals surface area contributed by atoms with Crippen LogP contribution in [0.3, 0.4) is 0 Å². The number of H-pyrrole nitrogens is 2. The first-order chi connectivity index (χ1) is 13.7. The van der Waals surface area contributed by atoms with Crippen molar-refractivity contribution in [3.05, 3.63) is 70.6 Å². The molecule has 3 heterocycles. The summed E-state index contributed by atoms with van der Waals surface area (Å²) >= 11 is 0. The maximum atomic E-state index is 12.8. The smallest absolute Gasteiger partial charge is 0.270 e. The zero-order valence-corrected chi connectivity index (χ0v) is 15.2. The summed E-state index contributed by atoms with van der Waals surface area (Å²) in [4.78, 5) is 39.6. The van der Waals surface area contributed by atoms with Gasteiger partial charge in [0, 0.05) is 37.1 Å². The monoisotopic (exact) mass is 373 g/mol. The molecule has 2 N–H and O–H groups in total. The number of para-hydroxylation sites is 2. The second-order valence-electron chi connectivity index (χ2n) is 6.96. The number of rotatable bonds is 2. The summed E-state index contributed by atoms with van der Waals surface area (Å²) in [6.45, 7) is 2.38. The van der Waals surface area contributed by atoms with Crippen molar-refractivity contribution in [2.75, 3.05) is 31.1 Å². The number of hydrogen-bond donors (Lipinski definition) is 2. The van der Waals surface area contributed by atoms with Gasteiger partial charge < -0.3 is 14.8 Å². The molecule has 0 unspecified atom stereocenters. The lowest BCUT2D eigenvalue weighted by molar-refractivity contribution is 0.0741. The number of hydrogen-bond acceptors (Lipinski definition) is 4. The molecule has 4 aromatic rings. The van der Waals surface area contributed by atoms with Crippen LogP contribution in [0.2, 0.25) is 0 Å². The van der Waals surface area contributed by atoms with E-state index in [4.69, 9.17) is 0 Å². The Labute approximate surface area is 160 Å². The van der Waals surface area contributed by atoms with E-state index < -0.39 is 0 Å². The van der Waals surface area contributed by atoms with Gasteiger partial charge in [0.25, 0.3) is 11.5 Å². The molecule has 0 spiro atoms. The topological polar surface area (TPSA) is 85.1 Å². The van der Waals surface area contributed by atoms with E-state index in [9.17, 15) is 9.59 Å². The molecule has 0 aliphatic carbocycles. The first kappa shape index (κ1) is 16.6. The summed E-state index contributed by atoms with van der Waals surface area (Å²) in [5, 5.41) is 1.61. The molecule has 1 aliphatic rings. The predicted molar refractivity (Wildman–Crippen MR) is 109 cm³/mol. The van der Waals surface area contributed by atoms with E-state index in [0.29, 0.717) is 48.7 Å². The normalized spacial score (nSPS) is 14.7. The van der Waals surface area contributed by atoms with Gasteiger partial charge in [0.1, 0.15) is 5.69 Å². The van der Waals surface area contributed by atoms with Crippen molar-refractivity contribution < 1.29 is 4.79 Å². The maximum absolute atomic E-state index is 12.8. The van der Waals surface area contributed by atoms with Crippen molar-refractivity contribution in [3.8, 4) is 0 Å². The van der Waals surface area contributed by atoms with Crippen molar-refractivity contribution in [1.82, 2.24) is 19.9 Å². The van der Waals surface area contributed by atoms with Crippen LogP contribution >= 0.6 is 0 Å². The van der Waals surface area contributed by atoms with Crippen LogP contribution in [0.4, 0.5) is 5.95 Å². The number of nitrogens with one attached hydrogen (secondary N) is 2. The summed E-state index contributed by atoms with van der Waals surface area (Å²) in [5.41, 5.74) is 2.10. The Morgan fingerprint density at radius 1 is 0.929 bits per heavy atom. The zero-order chi connectivity index (χ0) is 19.1. The first-order valence-electron chi connectivity index (χ1n) is 9.30. The fourth-order valence-electron chi connectivity index (χ4n) is 3.70. The minimum Gasteiger partial charge on any atom is -0.351 e. The zero-order valence-electron chi connectivity index (χ0n) is 15.2. The average molecular weight is 373 g/mol. The van der Waals surface area contributed by atoms with E-state index in [1.807, 2.05) is 58.3 Å². The van der Waals surface area contributed by atoms with Gasteiger partial charge in [-0.2, -0.15) is 0 Å². The van der Waals surface area contributed by atoms with Gasteiger partial charge >= 0.3 is 0 Å². The Kier molecular flexibility index (Phi) is 3.86. The van der Waals surface area contributed by atoms with Gasteiger partial charge in [0.2, 0.25) is 5.95 Å². The van der Waals surface area contributed by atoms with Crippen LogP contribution in [-0.2, 0) is 0 Å². The molecule has 140 valence electrons. The average Bonchev–Trinajstić information content (AvgIpc) is 3.18. The van der Waals surface area contributed by atoms with Crippen LogP contribution in [-0.4, -0.2) is 51.9 Å². The summed E-state index contributed by atoms with van der Waals surface area (Å²) in [6, 6.07) is 17.1. The third kappa shape index (κ3) is 2.81. The van der Waals surface area contributed by atoms with Crippen molar-refractivity contribution >= 4 is 33.7 Å². The van der Waals surface area contributed by atoms with Crippen LogP contribution in [0.5, 0.6) is 0 Å². The summed E-state index contributed by atoms with van der Waals surface area (Å²) < 4.78 is 0. The van der Waals surface area contributed by atoms with Gasteiger partial charge in [-0.15, -0.1) is 0 Å². The predicted octanol–water partition coefficient (Wildman–Crippen LogP) is 2.37. The Morgan fingerprint density at radius 2 is 1.68 bits per heavy atom. The number of nitrogens with zero attached hydrogens (tertiary/aromatic N) is 3. The molecule has 1 saturated heterocycles. The fraction of sp³-hybridized carbons (Fsp3) is 0.190. The molecule has 0 atom stereocenters. The van der Waals surface area contributed by atoms with Gasteiger partial charge in [-0.25, -0.2) is 4.98 Å². The summed E-state index contributed by atoms with van der Waals surface area (Å²) in [5.74, 6) is 0.553. The Morgan fingerprint density at radius 3 is 2.50 bits per heavy atom. The van der Waals surface area contributed by atoms with Crippen LogP contribution in [0.25, 0.3) is 21.8 Å². The lowest BCUT2D eigenvalue weighted by atomic mass is 10.2. The molecule has 0 bridgehead atoms. The molecular weight excluding hydrogens is 354 g/mol. The number of aromatic nitrogens is 3. The molecule has 1 amide bonds. The second-order valence-corrected chi connectivity index (χ2v) is 6.96. The number of fused-ring (bicyclic) bond motifs is 2. The van der Waals surface area contributed by atoms with E-state index in [2.05, 4.69) is 15.0 Å². The van der Waals surface area contributed by atoms with Gasteiger partial charge in [-0.3, -0.25) is 14.6 Å². The van der Waals surface area contributed by atoms with Crippen LogP contribution in [0, 0.1) is 0 Å². The molecule has 7 heteroatoms. The lowest BCUT2D eigenvalue weighted by Crippen LogP contribution is -2.49. The van der Waals surface area contributed by atoms with E-state index in [0.717, 1.165) is 10.9 Å². The molecule has 1 aliphatic heterocycles. The maximum Gasteiger partial charge on any atom is 0.270 e. The molecule has 2 aromatic heterocycles. The molecule has 1 fully saturated rings. The summed E-state index contributed by atoms with van der Waals surface area (Å²) in [7, 11) is 0. The van der Waals surface area contributed by atoms with E-state index in [1.54, 1.807) is 6.07 Å². The van der Waals surface area contributed by atoms with Gasteiger partial charge in [-0.1, -0.05) is 30.3 Å². The lowest BCUT2D eigenvalue weighted by Gasteiger charge is -2.34. The van der Waals surface area contributed by atoms with Crippen molar-refractivity contribution in [1.29, 1.82) is 0 Å². The summed E-state index contributed by atoms with van der Waals surface area (Å²) in [6.07, 6.45) is 0. The molecule has 7 nitrogen and oxygen atoms in total. The number of carbonyl (C=O) groups excluding carboxylic acids is 1. The highest BCUT2D eigenvalue weighted by Gasteiger charge is 2.24. The fourth-order valence-corrected chi connectivity index (χ4v) is 3.70. The number of benzene rings is 2. The van der Waals surface area contributed by atoms with Gasteiger partial charge in [-0.05, 0) is 24.3 Å². The Balaban J connectivity index is 1.33. The Bertz CT molecular complexity index is 1200. The van der Waals surface area contributed by atoms with Crippen molar-refractivity contribution in [2.24, 2.45) is 0 Å². The van der Waals surface area contributed by atoms with E-state index in [1.165, 1.54) is 0 Å². The van der Waals surface area contributed by atoms with Crippen molar-refractivity contribution in [2.45, 2.75) is 0 Å². The molecule has 5 rings (SSSR count). The molecule has 0 saturated carbocycles. The standard InChI is InChI=1S/C21H19N5O2/c27-19-15-6-2-4-8-17(15)23-21(24-19)26-11-9-25(10-12-26)20(28)18-13-14-5-1-3-7-16(14)22-18/h1-8,13,22H,9-12H2,(H,23,24,27). The number of piperazine rings is 1. The Hall–Kier alpha value is -3.61. The number of anilines is 1. The van der Waals surface area contributed by atoms with E-state index in [-0.39, 0.29) is 11.5 Å². The quantitative estimate of drug-likeness (QED) is 0.565. The molecule has 2 aromatic carbocycles. The first-order valence-corrected chi connectivity index (χ1v) is 9.30. The van der Waals surface area contributed by atoms with Gasteiger partial charge in [0.15, 0.2) is 0 Å². The highest BCUT2D eigenvalue weighted by atomic mass is 16.2. The number of amides is 1. The van der Waals surface area contributed by atoms with Crippen LogP contribution in [0.1, 0.15) is 10.5 Å². The SMILES string of the molecule is O=C(c1cc2ccccc2[nH]1)N1CCN(c2nc3ccccc3c(=O)[nH]2)CC1. The van der Waals surface area contributed by atoms with Crippen LogP contribution < -0.4 is 10.5 Å². The highest BCUT2D eigenvalue weighted by Crippen LogP contribution is 2.18. The second kappa shape index (κ2) is 6.53. The highest BCUT2D eigenvalue weighted by molar-refractivity contribution is 5.98.